The average Bonchev–Trinajstić information content (AvgIpc) is 2.27. The third-order valence-corrected chi connectivity index (χ3v) is 2.89. The molecule has 17 heavy (non-hydrogen) atoms. The number of nitrogens with zero attached hydrogens (tertiary/aromatic N) is 1. The summed E-state index contributed by atoms with van der Waals surface area (Å²) in [5, 5.41) is 5.64. The van der Waals surface area contributed by atoms with Crippen LogP contribution in [-0.2, 0) is 4.74 Å². The lowest BCUT2D eigenvalue weighted by Crippen LogP contribution is -2.45. The van der Waals surface area contributed by atoms with Crippen molar-refractivity contribution in [2.24, 2.45) is 0 Å². The Bertz CT molecular complexity index is 212. The summed E-state index contributed by atoms with van der Waals surface area (Å²) in [6, 6.07) is 0.451. The largest absolute Gasteiger partial charge is 0.383 e. The van der Waals surface area contributed by atoms with Gasteiger partial charge in [-0.05, 0) is 27.3 Å². The zero-order chi connectivity index (χ0) is 13.3. The predicted molar refractivity (Wildman–Crippen MR) is 70.3 cm³/mol. The van der Waals surface area contributed by atoms with Gasteiger partial charge in [-0.25, -0.2) is 4.79 Å². The zero-order valence-corrected chi connectivity index (χ0v) is 11.7. The fourth-order valence-corrected chi connectivity index (χ4v) is 1.44. The van der Waals surface area contributed by atoms with Gasteiger partial charge in [-0.15, -0.1) is 0 Å². The van der Waals surface area contributed by atoms with Crippen molar-refractivity contribution in [2.45, 2.75) is 39.3 Å². The number of nitrogens with one attached hydrogen (secondary N) is 2. The summed E-state index contributed by atoms with van der Waals surface area (Å²) >= 11 is 0. The first-order valence-corrected chi connectivity index (χ1v) is 6.24. The van der Waals surface area contributed by atoms with Crippen molar-refractivity contribution in [3.63, 3.8) is 0 Å². The molecule has 0 fully saturated rings. The van der Waals surface area contributed by atoms with Gasteiger partial charge in [0.2, 0.25) is 0 Å². The van der Waals surface area contributed by atoms with Crippen molar-refractivity contribution in [3.05, 3.63) is 0 Å². The van der Waals surface area contributed by atoms with Crippen LogP contribution in [0, 0.1) is 0 Å². The molecule has 0 saturated heterocycles. The summed E-state index contributed by atoms with van der Waals surface area (Å²) in [6.45, 7) is 8.30. The number of hydrogen-bond donors (Lipinski definition) is 2. The van der Waals surface area contributed by atoms with Gasteiger partial charge in [0.25, 0.3) is 0 Å². The Morgan fingerprint density at radius 2 is 2.06 bits per heavy atom. The van der Waals surface area contributed by atoms with Gasteiger partial charge in [-0.3, -0.25) is 0 Å². The first-order chi connectivity index (χ1) is 8.01. The lowest BCUT2D eigenvalue weighted by atomic mass is 10.2. The monoisotopic (exact) mass is 245 g/mol. The van der Waals surface area contributed by atoms with Crippen LogP contribution in [0.1, 0.15) is 27.2 Å². The van der Waals surface area contributed by atoms with E-state index < -0.39 is 0 Å². The summed E-state index contributed by atoms with van der Waals surface area (Å²) in [5.74, 6) is 0. The van der Waals surface area contributed by atoms with Crippen molar-refractivity contribution in [3.8, 4) is 0 Å². The molecule has 2 unspecified atom stereocenters. The quantitative estimate of drug-likeness (QED) is 0.672. The van der Waals surface area contributed by atoms with Crippen molar-refractivity contribution >= 4 is 6.03 Å². The van der Waals surface area contributed by atoms with E-state index in [1.165, 1.54) is 0 Å². The second kappa shape index (κ2) is 9.24. The molecule has 2 N–H and O–H groups in total. The summed E-state index contributed by atoms with van der Waals surface area (Å²) in [4.78, 5) is 13.7. The molecular formula is C12H27N3O2. The van der Waals surface area contributed by atoms with Gasteiger partial charge in [-0.1, -0.05) is 6.92 Å². The smallest absolute Gasteiger partial charge is 0.315 e. The molecule has 0 heterocycles. The lowest BCUT2D eigenvalue weighted by Gasteiger charge is -2.23. The Hall–Kier alpha value is -0.810. The Balaban J connectivity index is 3.64. The number of carbonyl (C=O) groups is 1. The summed E-state index contributed by atoms with van der Waals surface area (Å²) in [7, 11) is 3.69. The van der Waals surface area contributed by atoms with Gasteiger partial charge in [0.15, 0.2) is 0 Å². The normalized spacial score (nSPS) is 14.5. The molecule has 2 amide bonds. The second-order valence-corrected chi connectivity index (χ2v) is 4.49. The average molecular weight is 245 g/mol. The number of rotatable bonds is 8. The Kier molecular flexibility index (Phi) is 8.80. The van der Waals surface area contributed by atoms with Gasteiger partial charge in [-0.2, -0.15) is 0 Å². The van der Waals surface area contributed by atoms with Crippen molar-refractivity contribution < 1.29 is 9.53 Å². The summed E-state index contributed by atoms with van der Waals surface area (Å²) in [5.41, 5.74) is 0. The van der Waals surface area contributed by atoms with Crippen LogP contribution in [0.15, 0.2) is 0 Å². The van der Waals surface area contributed by atoms with Crippen molar-refractivity contribution in [2.75, 3.05) is 33.9 Å². The molecule has 0 aliphatic rings. The van der Waals surface area contributed by atoms with E-state index in [2.05, 4.69) is 36.4 Å². The number of carbonyl (C=O) groups excluding carboxylic acids is 1. The molecule has 102 valence electrons. The molecular weight excluding hydrogens is 218 g/mol. The van der Waals surface area contributed by atoms with Gasteiger partial charge in [0, 0.05) is 26.2 Å². The van der Waals surface area contributed by atoms with E-state index >= 15 is 0 Å². The number of amides is 2. The fourth-order valence-electron chi connectivity index (χ4n) is 1.44. The molecule has 5 heteroatoms. The van der Waals surface area contributed by atoms with E-state index in [1.807, 2.05) is 6.92 Å². The number of methoxy groups -OCH3 is 1. The molecule has 0 saturated carbocycles. The highest BCUT2D eigenvalue weighted by Crippen LogP contribution is 1.97. The molecule has 0 aromatic heterocycles. The molecule has 0 aliphatic carbocycles. The van der Waals surface area contributed by atoms with E-state index in [9.17, 15) is 4.79 Å². The lowest BCUT2D eigenvalue weighted by molar-refractivity contribution is 0.170. The molecule has 0 aromatic rings. The van der Waals surface area contributed by atoms with Crippen LogP contribution in [0.3, 0.4) is 0 Å². The number of ether oxygens (including phenoxy) is 1. The maximum atomic E-state index is 11.5. The van der Waals surface area contributed by atoms with Gasteiger partial charge < -0.3 is 20.3 Å². The van der Waals surface area contributed by atoms with Crippen molar-refractivity contribution in [1.82, 2.24) is 15.5 Å². The Labute approximate surface area is 105 Å². The number of likely N-dealkylation sites (N-methyl/N-ethyl adjacent to an activating group) is 1. The fraction of sp³-hybridized carbons (Fsp3) is 0.917. The third kappa shape index (κ3) is 7.99. The molecule has 0 radical (unpaired) electrons. The van der Waals surface area contributed by atoms with Crippen LogP contribution >= 0.6 is 0 Å². The molecule has 0 rings (SSSR count). The van der Waals surface area contributed by atoms with E-state index in [0.29, 0.717) is 19.2 Å². The van der Waals surface area contributed by atoms with Crippen molar-refractivity contribution in [1.29, 1.82) is 0 Å². The van der Waals surface area contributed by atoms with Crippen LogP contribution in [-0.4, -0.2) is 56.9 Å². The number of urea groups is 1. The summed E-state index contributed by atoms with van der Waals surface area (Å²) in [6.07, 6.45) is 1.12. The third-order valence-electron chi connectivity index (χ3n) is 2.89. The zero-order valence-electron chi connectivity index (χ0n) is 11.7. The first kappa shape index (κ1) is 16.2. The van der Waals surface area contributed by atoms with Gasteiger partial charge in [0.05, 0.1) is 12.6 Å². The maximum absolute atomic E-state index is 11.5. The molecule has 0 aliphatic heterocycles. The first-order valence-electron chi connectivity index (χ1n) is 6.24. The van der Waals surface area contributed by atoms with E-state index in [0.717, 1.165) is 13.0 Å². The molecule has 0 aromatic carbocycles. The van der Waals surface area contributed by atoms with Crippen LogP contribution in [0.5, 0.6) is 0 Å². The maximum Gasteiger partial charge on any atom is 0.315 e. The molecule has 5 nitrogen and oxygen atoms in total. The highest BCUT2D eigenvalue weighted by Gasteiger charge is 2.08. The minimum atomic E-state index is -0.132. The van der Waals surface area contributed by atoms with Crippen LogP contribution < -0.4 is 10.6 Å². The predicted octanol–water partition coefficient (Wildman–Crippen LogP) is 1.05. The molecule has 0 spiro atoms. The topological polar surface area (TPSA) is 53.6 Å². The standard InChI is InChI=1S/C12H27N3O2/c1-6-11(3)15(4)8-7-13-12(16)14-10(2)9-17-5/h10-11H,6-9H2,1-5H3,(H2,13,14,16). The van der Waals surface area contributed by atoms with Gasteiger partial charge >= 0.3 is 6.03 Å². The second-order valence-electron chi connectivity index (χ2n) is 4.49. The minimum absolute atomic E-state index is 0.0345. The molecule has 2 atom stereocenters. The van der Waals surface area contributed by atoms with Gasteiger partial charge in [0.1, 0.15) is 0 Å². The molecule has 0 bridgehead atoms. The minimum Gasteiger partial charge on any atom is -0.383 e. The van der Waals surface area contributed by atoms with E-state index in [-0.39, 0.29) is 12.1 Å². The SMILES string of the molecule is CCC(C)N(C)CCNC(=O)NC(C)COC. The van der Waals surface area contributed by atoms with Crippen LogP contribution in [0.2, 0.25) is 0 Å². The van der Waals surface area contributed by atoms with E-state index in [1.54, 1.807) is 7.11 Å². The number of hydrogen-bond acceptors (Lipinski definition) is 3. The van der Waals surface area contributed by atoms with Crippen LogP contribution in [0.4, 0.5) is 4.79 Å². The van der Waals surface area contributed by atoms with E-state index in [4.69, 9.17) is 4.74 Å². The Morgan fingerprint density at radius 1 is 1.41 bits per heavy atom. The highest BCUT2D eigenvalue weighted by molar-refractivity contribution is 5.74. The van der Waals surface area contributed by atoms with Crippen LogP contribution in [0.25, 0.3) is 0 Å². The highest BCUT2D eigenvalue weighted by atomic mass is 16.5. The Morgan fingerprint density at radius 3 is 2.59 bits per heavy atom. The summed E-state index contributed by atoms with van der Waals surface area (Å²) < 4.78 is 4.94.